The molecule has 1 fully saturated rings. The van der Waals surface area contributed by atoms with Crippen LogP contribution in [0.1, 0.15) is 33.1 Å². The number of hydrogen-bond donors (Lipinski definition) is 1. The maximum Gasteiger partial charge on any atom is 0.218 e. The minimum absolute atomic E-state index is 0.191. The molecular weight excluding hydrogens is 248 g/mol. The van der Waals surface area contributed by atoms with Gasteiger partial charge in [0.25, 0.3) is 0 Å². The molecule has 0 radical (unpaired) electrons. The Morgan fingerprint density at radius 1 is 1.50 bits per heavy atom. The van der Waals surface area contributed by atoms with Gasteiger partial charge in [0.05, 0.1) is 11.8 Å². The molecule has 4 nitrogen and oxygen atoms in total. The highest BCUT2D eigenvalue weighted by molar-refractivity contribution is 7.89. The summed E-state index contributed by atoms with van der Waals surface area (Å²) < 4.78 is 26.2. The number of sulfonamides is 1. The zero-order chi connectivity index (χ0) is 13.6. The third-order valence-corrected chi connectivity index (χ3v) is 5.33. The van der Waals surface area contributed by atoms with Gasteiger partial charge in [-0.25, -0.2) is 8.42 Å². The summed E-state index contributed by atoms with van der Waals surface area (Å²) in [5.74, 6) is 2.97. The molecule has 0 aromatic rings. The van der Waals surface area contributed by atoms with Crippen LogP contribution in [0, 0.1) is 18.3 Å². The monoisotopic (exact) mass is 272 g/mol. The van der Waals surface area contributed by atoms with Crippen molar-refractivity contribution in [2.24, 2.45) is 5.92 Å². The summed E-state index contributed by atoms with van der Waals surface area (Å²) in [6.45, 7) is 5.92. The second-order valence-electron chi connectivity index (χ2n) is 5.00. The Bertz CT molecular complexity index is 382. The molecule has 1 aliphatic carbocycles. The van der Waals surface area contributed by atoms with Crippen molar-refractivity contribution in [2.75, 3.05) is 26.2 Å². The van der Waals surface area contributed by atoms with Crippen LogP contribution in [-0.2, 0) is 10.0 Å². The molecule has 0 bridgehead atoms. The summed E-state index contributed by atoms with van der Waals surface area (Å²) in [5.41, 5.74) is 0. The van der Waals surface area contributed by atoms with Crippen LogP contribution in [0.15, 0.2) is 0 Å². The first-order valence-electron chi connectivity index (χ1n) is 6.65. The second kappa shape index (κ2) is 7.13. The van der Waals surface area contributed by atoms with E-state index in [4.69, 9.17) is 6.42 Å². The molecule has 1 aliphatic rings. The smallest absolute Gasteiger partial charge is 0.218 e. The quantitative estimate of drug-likeness (QED) is 0.504. The van der Waals surface area contributed by atoms with Crippen LogP contribution in [0.2, 0.25) is 0 Å². The lowest BCUT2D eigenvalue weighted by molar-refractivity contribution is 0.420. The predicted molar refractivity (Wildman–Crippen MR) is 74.7 cm³/mol. The molecule has 0 amide bonds. The highest BCUT2D eigenvalue weighted by atomic mass is 32.2. The normalized spacial score (nSPS) is 17.7. The van der Waals surface area contributed by atoms with Crippen LogP contribution in [0.25, 0.3) is 0 Å². The zero-order valence-electron chi connectivity index (χ0n) is 11.4. The average Bonchev–Trinajstić information content (AvgIpc) is 3.12. The third-order valence-electron chi connectivity index (χ3n) is 3.15. The molecule has 5 heteroatoms. The first kappa shape index (κ1) is 15.5. The molecule has 0 spiro atoms. The van der Waals surface area contributed by atoms with E-state index in [9.17, 15) is 8.42 Å². The highest BCUT2D eigenvalue weighted by Gasteiger charge is 2.33. The van der Waals surface area contributed by atoms with E-state index in [1.807, 2.05) is 0 Å². The van der Waals surface area contributed by atoms with E-state index in [1.54, 1.807) is 6.92 Å². The molecule has 1 atom stereocenters. The number of hydrogen-bond acceptors (Lipinski definition) is 3. The molecule has 1 unspecified atom stereocenters. The maximum atomic E-state index is 12.4. The van der Waals surface area contributed by atoms with Crippen LogP contribution in [0.4, 0.5) is 0 Å². The van der Waals surface area contributed by atoms with Crippen molar-refractivity contribution in [3.8, 4) is 12.3 Å². The van der Waals surface area contributed by atoms with Gasteiger partial charge in [-0.1, -0.05) is 12.8 Å². The van der Waals surface area contributed by atoms with Crippen molar-refractivity contribution in [2.45, 2.75) is 38.4 Å². The van der Waals surface area contributed by atoms with Gasteiger partial charge in [0.2, 0.25) is 10.0 Å². The SMILES string of the molecule is C#CCN(CC1CC1)S(=O)(=O)C(C)CNCCC. The molecule has 1 N–H and O–H groups in total. The Morgan fingerprint density at radius 2 is 2.17 bits per heavy atom. The zero-order valence-corrected chi connectivity index (χ0v) is 12.2. The van der Waals surface area contributed by atoms with E-state index in [0.717, 1.165) is 25.8 Å². The Morgan fingerprint density at radius 3 is 2.67 bits per heavy atom. The fourth-order valence-electron chi connectivity index (χ4n) is 1.79. The van der Waals surface area contributed by atoms with Gasteiger partial charge in [0.1, 0.15) is 0 Å². The number of nitrogens with zero attached hydrogens (tertiary/aromatic N) is 1. The largest absolute Gasteiger partial charge is 0.315 e. The summed E-state index contributed by atoms with van der Waals surface area (Å²) in [4.78, 5) is 0. The third kappa shape index (κ3) is 4.60. The van der Waals surface area contributed by atoms with Gasteiger partial charge in [-0.2, -0.15) is 4.31 Å². The van der Waals surface area contributed by atoms with E-state index < -0.39 is 15.3 Å². The summed E-state index contributed by atoms with van der Waals surface area (Å²) >= 11 is 0. The van der Waals surface area contributed by atoms with Crippen molar-refractivity contribution < 1.29 is 8.42 Å². The Balaban J connectivity index is 2.58. The molecule has 1 rings (SSSR count). The van der Waals surface area contributed by atoms with Crippen LogP contribution in [0.5, 0.6) is 0 Å². The standard InChI is InChI=1S/C13H24N2O2S/c1-4-8-14-10-12(3)18(16,17)15(9-5-2)11-13-6-7-13/h2,12-14H,4,6-11H2,1,3H3. The molecule has 0 aliphatic heterocycles. The van der Waals surface area contributed by atoms with E-state index in [0.29, 0.717) is 19.0 Å². The van der Waals surface area contributed by atoms with Crippen LogP contribution >= 0.6 is 0 Å². The summed E-state index contributed by atoms with van der Waals surface area (Å²) in [6.07, 6.45) is 8.52. The first-order chi connectivity index (χ1) is 8.52. The highest BCUT2D eigenvalue weighted by Crippen LogP contribution is 2.30. The topological polar surface area (TPSA) is 49.4 Å². The minimum Gasteiger partial charge on any atom is -0.315 e. The molecule has 104 valence electrons. The van der Waals surface area contributed by atoms with Gasteiger partial charge < -0.3 is 5.32 Å². The summed E-state index contributed by atoms with van der Waals surface area (Å²) in [6, 6.07) is 0. The van der Waals surface area contributed by atoms with E-state index in [2.05, 4.69) is 18.2 Å². The molecule has 0 aromatic heterocycles. The lowest BCUT2D eigenvalue weighted by Gasteiger charge is -2.24. The molecular formula is C13H24N2O2S. The fourth-order valence-corrected chi connectivity index (χ4v) is 3.30. The predicted octanol–water partition coefficient (Wildman–Crippen LogP) is 1.05. The van der Waals surface area contributed by atoms with Gasteiger partial charge in [-0.3, -0.25) is 0 Å². The van der Waals surface area contributed by atoms with Crippen LogP contribution < -0.4 is 5.32 Å². The Hall–Kier alpha value is -0.570. The van der Waals surface area contributed by atoms with Crippen molar-refractivity contribution in [3.63, 3.8) is 0 Å². The number of nitrogens with one attached hydrogen (secondary N) is 1. The van der Waals surface area contributed by atoms with E-state index in [-0.39, 0.29) is 6.54 Å². The number of rotatable bonds is 9. The Labute approximate surface area is 111 Å². The number of terminal acetylenes is 1. The van der Waals surface area contributed by atoms with Gasteiger partial charge in [0, 0.05) is 13.1 Å². The Kier molecular flexibility index (Phi) is 6.13. The van der Waals surface area contributed by atoms with Gasteiger partial charge in [-0.15, -0.1) is 6.42 Å². The van der Waals surface area contributed by atoms with Crippen molar-refractivity contribution >= 4 is 10.0 Å². The molecule has 0 aromatic carbocycles. The van der Waals surface area contributed by atoms with Gasteiger partial charge in [-0.05, 0) is 38.6 Å². The van der Waals surface area contributed by atoms with E-state index in [1.165, 1.54) is 4.31 Å². The maximum absolute atomic E-state index is 12.4. The van der Waals surface area contributed by atoms with Crippen LogP contribution in [0.3, 0.4) is 0 Å². The molecule has 1 saturated carbocycles. The summed E-state index contributed by atoms with van der Waals surface area (Å²) in [7, 11) is -3.27. The fraction of sp³-hybridized carbons (Fsp3) is 0.846. The van der Waals surface area contributed by atoms with E-state index >= 15 is 0 Å². The second-order valence-corrected chi connectivity index (χ2v) is 7.35. The summed E-state index contributed by atoms with van der Waals surface area (Å²) in [5, 5.41) is 2.73. The average molecular weight is 272 g/mol. The first-order valence-corrected chi connectivity index (χ1v) is 8.15. The van der Waals surface area contributed by atoms with Crippen molar-refractivity contribution in [1.29, 1.82) is 0 Å². The lowest BCUT2D eigenvalue weighted by atomic mass is 10.4. The van der Waals surface area contributed by atoms with Gasteiger partial charge in [0.15, 0.2) is 0 Å². The minimum atomic E-state index is -3.27. The lowest BCUT2D eigenvalue weighted by Crippen LogP contribution is -2.43. The van der Waals surface area contributed by atoms with Crippen molar-refractivity contribution in [3.05, 3.63) is 0 Å². The van der Waals surface area contributed by atoms with Crippen LogP contribution in [-0.4, -0.2) is 44.2 Å². The van der Waals surface area contributed by atoms with Crippen molar-refractivity contribution in [1.82, 2.24) is 9.62 Å². The molecule has 0 heterocycles. The molecule has 18 heavy (non-hydrogen) atoms. The molecule has 0 saturated heterocycles. The van der Waals surface area contributed by atoms with Gasteiger partial charge >= 0.3 is 0 Å².